The van der Waals surface area contributed by atoms with Crippen LogP contribution in [0, 0.1) is 0 Å². The number of fused-ring (bicyclic) bond motifs is 1. The Morgan fingerprint density at radius 2 is 1.56 bits per heavy atom. The van der Waals surface area contributed by atoms with Crippen molar-refractivity contribution in [1.29, 1.82) is 0 Å². The number of carbonyl (C=O) groups is 1. The molecule has 2 heterocycles. The summed E-state index contributed by atoms with van der Waals surface area (Å²) in [5, 5.41) is 2.88. The molecule has 0 radical (unpaired) electrons. The highest BCUT2D eigenvalue weighted by Crippen LogP contribution is 2.39. The van der Waals surface area contributed by atoms with Gasteiger partial charge >= 0.3 is 5.69 Å². The number of nitrogens with zero attached hydrogens (tertiary/aromatic N) is 3. The van der Waals surface area contributed by atoms with Crippen molar-refractivity contribution in [1.82, 2.24) is 14.1 Å². The van der Waals surface area contributed by atoms with Gasteiger partial charge < -0.3 is 19.5 Å². The van der Waals surface area contributed by atoms with Crippen LogP contribution in [0.4, 0.5) is 5.69 Å². The summed E-state index contributed by atoms with van der Waals surface area (Å²) in [6, 6.07) is 4.63. The topological polar surface area (TPSA) is 114 Å². The third-order valence-electron chi connectivity index (χ3n) is 4.76. The number of nitrogens with one attached hydrogen (secondary N) is 1. The van der Waals surface area contributed by atoms with E-state index in [1.807, 2.05) is 20.8 Å². The first-order valence-corrected chi connectivity index (χ1v) is 10.3. The van der Waals surface area contributed by atoms with Crippen molar-refractivity contribution in [3.8, 4) is 17.2 Å². The van der Waals surface area contributed by atoms with E-state index in [9.17, 15) is 14.4 Å². The summed E-state index contributed by atoms with van der Waals surface area (Å²) in [6.45, 7) is 6.63. The lowest BCUT2D eigenvalue weighted by molar-refractivity contribution is 0.102. The third-order valence-corrected chi connectivity index (χ3v) is 4.76. The number of aryl methyl sites for hydroxylation is 1. The monoisotopic (exact) mass is 442 g/mol. The smallest absolute Gasteiger partial charge is 0.332 e. The molecule has 0 unspecified atom stereocenters. The lowest BCUT2D eigenvalue weighted by Crippen LogP contribution is -2.37. The molecule has 0 spiro atoms. The molecule has 10 heteroatoms. The molecule has 0 atom stereocenters. The van der Waals surface area contributed by atoms with Gasteiger partial charge in [0.1, 0.15) is 5.39 Å². The zero-order chi connectivity index (χ0) is 23.4. The molecular weight excluding hydrogens is 416 g/mol. The van der Waals surface area contributed by atoms with Gasteiger partial charge in [-0.25, -0.2) is 9.78 Å². The van der Waals surface area contributed by atoms with Gasteiger partial charge in [0.2, 0.25) is 5.75 Å². The van der Waals surface area contributed by atoms with Crippen LogP contribution in [0.2, 0.25) is 0 Å². The molecule has 0 aliphatic carbocycles. The first kappa shape index (κ1) is 22.9. The Hall–Kier alpha value is -3.82. The molecule has 0 fully saturated rings. The standard InChI is InChI=1S/C22H26N4O6/c1-6-30-15-11-13(12-16(31-7-2)18(15)32-8-3)20(27)24-14-9-10-23-19-17(14)21(28)26(5)22(29)25(19)4/h9-12H,6-8H2,1-5H3,(H,23,24,27). The van der Waals surface area contributed by atoms with Crippen LogP contribution in [-0.2, 0) is 14.1 Å². The van der Waals surface area contributed by atoms with Gasteiger partial charge in [0.05, 0.1) is 25.5 Å². The SMILES string of the molecule is CCOc1cc(C(=O)Nc2ccnc3c2c(=O)n(C)c(=O)n3C)cc(OCC)c1OCC. The van der Waals surface area contributed by atoms with E-state index in [4.69, 9.17) is 14.2 Å². The molecule has 0 aliphatic heterocycles. The highest BCUT2D eigenvalue weighted by atomic mass is 16.5. The van der Waals surface area contributed by atoms with Crippen molar-refractivity contribution in [3.05, 3.63) is 50.8 Å². The fraction of sp³-hybridized carbons (Fsp3) is 0.364. The maximum atomic E-state index is 13.1. The van der Waals surface area contributed by atoms with Gasteiger partial charge in [-0.2, -0.15) is 0 Å². The Morgan fingerprint density at radius 3 is 2.12 bits per heavy atom. The molecule has 1 amide bonds. The second-order valence-electron chi connectivity index (χ2n) is 6.82. The number of hydrogen-bond donors (Lipinski definition) is 1. The van der Waals surface area contributed by atoms with E-state index in [-0.39, 0.29) is 22.3 Å². The van der Waals surface area contributed by atoms with Gasteiger partial charge in [-0.05, 0) is 39.0 Å². The van der Waals surface area contributed by atoms with Crippen LogP contribution >= 0.6 is 0 Å². The predicted molar refractivity (Wildman–Crippen MR) is 120 cm³/mol. The van der Waals surface area contributed by atoms with E-state index in [1.165, 1.54) is 30.9 Å². The fourth-order valence-corrected chi connectivity index (χ4v) is 3.30. The van der Waals surface area contributed by atoms with E-state index in [1.54, 1.807) is 12.1 Å². The van der Waals surface area contributed by atoms with Crippen LogP contribution in [0.5, 0.6) is 17.2 Å². The third kappa shape index (κ3) is 4.16. The van der Waals surface area contributed by atoms with Gasteiger partial charge in [0, 0.05) is 25.9 Å². The average Bonchev–Trinajstić information content (AvgIpc) is 2.78. The second kappa shape index (κ2) is 9.54. The van der Waals surface area contributed by atoms with E-state index in [2.05, 4.69) is 10.3 Å². The minimum absolute atomic E-state index is 0.131. The predicted octanol–water partition coefficient (Wildman–Crippen LogP) is 2.08. The summed E-state index contributed by atoms with van der Waals surface area (Å²) >= 11 is 0. The van der Waals surface area contributed by atoms with E-state index < -0.39 is 17.2 Å². The van der Waals surface area contributed by atoms with Crippen molar-refractivity contribution in [2.45, 2.75) is 20.8 Å². The van der Waals surface area contributed by atoms with Crippen LogP contribution in [-0.4, -0.2) is 39.8 Å². The van der Waals surface area contributed by atoms with E-state index in [0.717, 1.165) is 4.57 Å². The Kier molecular flexibility index (Phi) is 6.82. The van der Waals surface area contributed by atoms with Gasteiger partial charge in [-0.15, -0.1) is 0 Å². The Balaban J connectivity index is 2.10. The molecule has 0 saturated carbocycles. The van der Waals surface area contributed by atoms with Crippen LogP contribution < -0.4 is 30.8 Å². The fourth-order valence-electron chi connectivity index (χ4n) is 3.30. The van der Waals surface area contributed by atoms with E-state index >= 15 is 0 Å². The van der Waals surface area contributed by atoms with Crippen molar-refractivity contribution in [3.63, 3.8) is 0 Å². The maximum absolute atomic E-state index is 13.1. The Labute approximate surface area is 184 Å². The van der Waals surface area contributed by atoms with Crippen molar-refractivity contribution < 1.29 is 19.0 Å². The summed E-state index contributed by atoms with van der Waals surface area (Å²) in [6.07, 6.45) is 1.42. The van der Waals surface area contributed by atoms with E-state index in [0.29, 0.717) is 37.1 Å². The molecule has 32 heavy (non-hydrogen) atoms. The summed E-state index contributed by atoms with van der Waals surface area (Å²) in [5.41, 5.74) is -0.392. The number of anilines is 1. The zero-order valence-corrected chi connectivity index (χ0v) is 18.7. The minimum atomic E-state index is -0.553. The van der Waals surface area contributed by atoms with Gasteiger partial charge in [-0.1, -0.05) is 0 Å². The first-order valence-electron chi connectivity index (χ1n) is 10.3. The maximum Gasteiger partial charge on any atom is 0.332 e. The Bertz CT molecular complexity index is 1250. The quantitative estimate of drug-likeness (QED) is 0.568. The van der Waals surface area contributed by atoms with Gasteiger partial charge in [0.15, 0.2) is 17.1 Å². The van der Waals surface area contributed by atoms with Crippen molar-refractivity contribution in [2.75, 3.05) is 25.1 Å². The summed E-state index contributed by atoms with van der Waals surface area (Å²) in [7, 11) is 2.88. The van der Waals surface area contributed by atoms with Crippen LogP contribution in [0.1, 0.15) is 31.1 Å². The highest BCUT2D eigenvalue weighted by molar-refractivity contribution is 6.08. The lowest BCUT2D eigenvalue weighted by atomic mass is 10.1. The van der Waals surface area contributed by atoms with Gasteiger partial charge in [0.25, 0.3) is 11.5 Å². The average molecular weight is 442 g/mol. The summed E-state index contributed by atoms with van der Waals surface area (Å²) in [4.78, 5) is 42.2. The number of benzene rings is 1. The molecule has 0 saturated heterocycles. The highest BCUT2D eigenvalue weighted by Gasteiger charge is 2.20. The van der Waals surface area contributed by atoms with Crippen LogP contribution in [0.15, 0.2) is 34.0 Å². The first-order chi connectivity index (χ1) is 15.3. The van der Waals surface area contributed by atoms with Crippen LogP contribution in [0.25, 0.3) is 11.0 Å². The molecule has 1 N–H and O–H groups in total. The number of rotatable bonds is 8. The normalized spacial score (nSPS) is 10.8. The molecule has 1 aromatic carbocycles. The largest absolute Gasteiger partial charge is 0.490 e. The molecule has 3 aromatic rings. The number of aromatic nitrogens is 3. The molecule has 0 aliphatic rings. The van der Waals surface area contributed by atoms with Crippen molar-refractivity contribution >= 4 is 22.6 Å². The molecule has 170 valence electrons. The molecular formula is C22H26N4O6. The number of pyridine rings is 1. The molecule has 10 nitrogen and oxygen atoms in total. The summed E-state index contributed by atoms with van der Waals surface area (Å²) in [5.74, 6) is 0.691. The molecule has 3 rings (SSSR count). The summed E-state index contributed by atoms with van der Waals surface area (Å²) < 4.78 is 19.2. The number of hydrogen-bond acceptors (Lipinski definition) is 7. The van der Waals surface area contributed by atoms with Crippen LogP contribution in [0.3, 0.4) is 0 Å². The molecule has 0 bridgehead atoms. The number of amides is 1. The van der Waals surface area contributed by atoms with Crippen molar-refractivity contribution in [2.24, 2.45) is 14.1 Å². The molecule has 2 aromatic heterocycles. The zero-order valence-electron chi connectivity index (χ0n) is 18.7. The lowest BCUT2D eigenvalue weighted by Gasteiger charge is -2.17. The Morgan fingerprint density at radius 1 is 0.969 bits per heavy atom. The minimum Gasteiger partial charge on any atom is -0.490 e. The second-order valence-corrected chi connectivity index (χ2v) is 6.82. The van der Waals surface area contributed by atoms with Gasteiger partial charge in [-0.3, -0.25) is 18.7 Å². The number of ether oxygens (including phenoxy) is 3. The number of carbonyl (C=O) groups excluding carboxylic acids is 1.